The smallest absolute Gasteiger partial charge is 0.248 e. The summed E-state index contributed by atoms with van der Waals surface area (Å²) in [6, 6.07) is 9.40. The number of anilines is 1. The van der Waals surface area contributed by atoms with Crippen LogP contribution in [-0.2, 0) is 6.54 Å². The lowest BCUT2D eigenvalue weighted by molar-refractivity contribution is 0.1000. The van der Waals surface area contributed by atoms with Crippen LogP contribution in [0.3, 0.4) is 0 Å². The van der Waals surface area contributed by atoms with E-state index in [9.17, 15) is 9.18 Å². The van der Waals surface area contributed by atoms with Crippen LogP contribution in [0.2, 0.25) is 0 Å². The number of benzene rings is 2. The van der Waals surface area contributed by atoms with Crippen LogP contribution in [0.15, 0.2) is 36.4 Å². The first kappa shape index (κ1) is 13.2. The number of nitrogens with two attached hydrogens (primary N) is 1. The minimum atomic E-state index is -0.584. The van der Waals surface area contributed by atoms with Crippen molar-refractivity contribution in [2.75, 3.05) is 12.1 Å². The van der Waals surface area contributed by atoms with Gasteiger partial charge in [-0.1, -0.05) is 0 Å². The zero-order chi connectivity index (χ0) is 14.8. The first-order valence-corrected chi connectivity index (χ1v) is 6.35. The van der Waals surface area contributed by atoms with Gasteiger partial charge in [0.05, 0.1) is 0 Å². The van der Waals surface area contributed by atoms with E-state index in [1.54, 1.807) is 12.1 Å². The number of carbonyl (C=O) groups is 1. The summed E-state index contributed by atoms with van der Waals surface area (Å²) >= 11 is 0. The SMILES string of the molecule is NC(=O)c1ccc(F)c(CNc2ccc3c(c2)OCO3)c1. The molecule has 108 valence electrons. The van der Waals surface area contributed by atoms with Crippen LogP contribution in [0.1, 0.15) is 15.9 Å². The van der Waals surface area contributed by atoms with Gasteiger partial charge < -0.3 is 20.5 Å². The second kappa shape index (κ2) is 5.32. The van der Waals surface area contributed by atoms with Gasteiger partial charge >= 0.3 is 0 Å². The van der Waals surface area contributed by atoms with Gasteiger partial charge in [0.25, 0.3) is 0 Å². The lowest BCUT2D eigenvalue weighted by Gasteiger charge is -2.09. The first-order valence-electron chi connectivity index (χ1n) is 6.35. The topological polar surface area (TPSA) is 73.6 Å². The van der Waals surface area contributed by atoms with Gasteiger partial charge in [0.15, 0.2) is 11.5 Å². The lowest BCUT2D eigenvalue weighted by atomic mass is 10.1. The number of hydrogen-bond donors (Lipinski definition) is 2. The Morgan fingerprint density at radius 2 is 2.00 bits per heavy atom. The summed E-state index contributed by atoms with van der Waals surface area (Å²) in [5, 5.41) is 3.07. The molecule has 0 aliphatic carbocycles. The average Bonchev–Trinajstić information content (AvgIpc) is 2.93. The van der Waals surface area contributed by atoms with Gasteiger partial charge in [-0.05, 0) is 30.3 Å². The molecule has 3 rings (SSSR count). The number of amides is 1. The van der Waals surface area contributed by atoms with E-state index in [2.05, 4.69) is 5.32 Å². The quantitative estimate of drug-likeness (QED) is 0.905. The van der Waals surface area contributed by atoms with Gasteiger partial charge in [0.1, 0.15) is 5.82 Å². The van der Waals surface area contributed by atoms with E-state index in [4.69, 9.17) is 15.2 Å². The maximum atomic E-state index is 13.7. The Labute approximate surface area is 120 Å². The molecule has 21 heavy (non-hydrogen) atoms. The number of primary amides is 1. The van der Waals surface area contributed by atoms with E-state index in [0.29, 0.717) is 17.1 Å². The summed E-state index contributed by atoms with van der Waals surface area (Å²) < 4.78 is 24.2. The van der Waals surface area contributed by atoms with E-state index in [1.165, 1.54) is 18.2 Å². The number of rotatable bonds is 4. The normalized spacial score (nSPS) is 12.2. The predicted molar refractivity (Wildman–Crippen MR) is 74.8 cm³/mol. The van der Waals surface area contributed by atoms with Gasteiger partial charge in [-0.25, -0.2) is 4.39 Å². The second-order valence-corrected chi connectivity index (χ2v) is 4.59. The standard InChI is InChI=1S/C15H13FN2O3/c16-12-3-1-9(15(17)19)5-10(12)7-18-11-2-4-13-14(6-11)21-8-20-13/h1-6,18H,7-8H2,(H2,17,19). The minimum Gasteiger partial charge on any atom is -0.454 e. The third-order valence-corrected chi connectivity index (χ3v) is 3.19. The van der Waals surface area contributed by atoms with Crippen LogP contribution in [0.25, 0.3) is 0 Å². The third kappa shape index (κ3) is 2.74. The van der Waals surface area contributed by atoms with Gasteiger partial charge in [-0.2, -0.15) is 0 Å². The molecule has 2 aromatic rings. The molecule has 0 saturated heterocycles. The summed E-state index contributed by atoms with van der Waals surface area (Å²) in [4.78, 5) is 11.1. The highest BCUT2D eigenvalue weighted by Crippen LogP contribution is 2.34. The van der Waals surface area contributed by atoms with Crippen LogP contribution in [-0.4, -0.2) is 12.7 Å². The van der Waals surface area contributed by atoms with Crippen molar-refractivity contribution < 1.29 is 18.7 Å². The number of nitrogens with one attached hydrogen (secondary N) is 1. The van der Waals surface area contributed by atoms with Gasteiger partial charge in [0.2, 0.25) is 12.7 Å². The Kier molecular flexibility index (Phi) is 3.35. The Balaban J connectivity index is 1.75. The molecule has 0 atom stereocenters. The van der Waals surface area contributed by atoms with Crippen LogP contribution in [0.5, 0.6) is 11.5 Å². The van der Waals surface area contributed by atoms with Crippen molar-refractivity contribution in [1.29, 1.82) is 0 Å². The van der Waals surface area contributed by atoms with Crippen molar-refractivity contribution in [2.24, 2.45) is 5.73 Å². The zero-order valence-electron chi connectivity index (χ0n) is 11.1. The largest absolute Gasteiger partial charge is 0.454 e. The molecule has 0 aromatic heterocycles. The molecular formula is C15H13FN2O3. The van der Waals surface area contributed by atoms with Crippen molar-refractivity contribution in [3.8, 4) is 11.5 Å². The third-order valence-electron chi connectivity index (χ3n) is 3.19. The van der Waals surface area contributed by atoms with E-state index >= 15 is 0 Å². The Morgan fingerprint density at radius 1 is 1.19 bits per heavy atom. The molecule has 6 heteroatoms. The summed E-state index contributed by atoms with van der Waals surface area (Å²) in [5.74, 6) is 0.349. The maximum absolute atomic E-state index is 13.7. The Hall–Kier alpha value is -2.76. The number of carbonyl (C=O) groups excluding carboxylic acids is 1. The highest BCUT2D eigenvalue weighted by atomic mass is 19.1. The molecular weight excluding hydrogens is 275 g/mol. The van der Waals surface area contributed by atoms with Crippen LogP contribution >= 0.6 is 0 Å². The number of hydrogen-bond acceptors (Lipinski definition) is 4. The molecule has 5 nitrogen and oxygen atoms in total. The van der Waals surface area contributed by atoms with Crippen LogP contribution in [0.4, 0.5) is 10.1 Å². The molecule has 0 spiro atoms. The molecule has 1 heterocycles. The number of fused-ring (bicyclic) bond motifs is 1. The van der Waals surface area contributed by atoms with Gasteiger partial charge in [-0.3, -0.25) is 4.79 Å². The second-order valence-electron chi connectivity index (χ2n) is 4.59. The van der Waals surface area contributed by atoms with Gasteiger partial charge in [0, 0.05) is 29.4 Å². The predicted octanol–water partition coefficient (Wildman–Crippen LogP) is 2.27. The fourth-order valence-corrected chi connectivity index (χ4v) is 2.07. The molecule has 2 aromatic carbocycles. The molecule has 0 fully saturated rings. The molecule has 0 bridgehead atoms. The molecule has 3 N–H and O–H groups in total. The monoisotopic (exact) mass is 288 g/mol. The fraction of sp³-hybridized carbons (Fsp3) is 0.133. The fourth-order valence-electron chi connectivity index (χ4n) is 2.07. The minimum absolute atomic E-state index is 0.202. The number of halogens is 1. The average molecular weight is 288 g/mol. The van der Waals surface area contributed by atoms with E-state index < -0.39 is 11.7 Å². The maximum Gasteiger partial charge on any atom is 0.248 e. The van der Waals surface area contributed by atoms with Crippen molar-refractivity contribution in [2.45, 2.75) is 6.54 Å². The highest BCUT2D eigenvalue weighted by molar-refractivity contribution is 5.92. The number of ether oxygens (including phenoxy) is 2. The van der Waals surface area contributed by atoms with Crippen molar-refractivity contribution >= 4 is 11.6 Å². The van der Waals surface area contributed by atoms with Crippen molar-refractivity contribution in [1.82, 2.24) is 0 Å². The zero-order valence-corrected chi connectivity index (χ0v) is 11.1. The lowest BCUT2D eigenvalue weighted by Crippen LogP contribution is -2.12. The highest BCUT2D eigenvalue weighted by Gasteiger charge is 2.13. The van der Waals surface area contributed by atoms with Crippen LogP contribution < -0.4 is 20.5 Å². The van der Waals surface area contributed by atoms with Crippen molar-refractivity contribution in [3.63, 3.8) is 0 Å². The molecule has 1 amide bonds. The van der Waals surface area contributed by atoms with E-state index in [0.717, 1.165) is 5.69 Å². The summed E-state index contributed by atoms with van der Waals surface area (Å²) in [7, 11) is 0. The van der Waals surface area contributed by atoms with Crippen molar-refractivity contribution in [3.05, 3.63) is 53.3 Å². The first-order chi connectivity index (χ1) is 10.1. The van der Waals surface area contributed by atoms with E-state index in [1.807, 2.05) is 6.07 Å². The Bertz CT molecular complexity index is 703. The van der Waals surface area contributed by atoms with E-state index in [-0.39, 0.29) is 18.9 Å². The molecule has 0 radical (unpaired) electrons. The Morgan fingerprint density at radius 3 is 2.81 bits per heavy atom. The molecule has 1 aliphatic heterocycles. The summed E-state index contributed by atoms with van der Waals surface area (Å²) in [5.41, 5.74) is 6.60. The molecule has 0 saturated carbocycles. The van der Waals surface area contributed by atoms with Gasteiger partial charge in [-0.15, -0.1) is 0 Å². The molecule has 0 unspecified atom stereocenters. The molecule has 1 aliphatic rings. The summed E-state index contributed by atoms with van der Waals surface area (Å²) in [6.07, 6.45) is 0. The summed E-state index contributed by atoms with van der Waals surface area (Å²) in [6.45, 7) is 0.431. The van der Waals surface area contributed by atoms with Crippen LogP contribution in [0, 0.1) is 5.82 Å².